The molecular weight excluding hydrogens is 270 g/mol. The van der Waals surface area contributed by atoms with E-state index >= 15 is 0 Å². The fraction of sp³-hybridized carbons (Fsp3) is 0.200. The number of carbonyl (C=O) groups is 1. The van der Waals surface area contributed by atoms with Gasteiger partial charge in [0.25, 0.3) is 5.56 Å². The van der Waals surface area contributed by atoms with Gasteiger partial charge < -0.3 is 4.74 Å². The minimum atomic E-state index is -0.525. The van der Waals surface area contributed by atoms with E-state index in [9.17, 15) is 9.59 Å². The number of para-hydroxylation sites is 1. The minimum absolute atomic E-state index is 0.146. The molecule has 0 saturated carbocycles. The van der Waals surface area contributed by atoms with Gasteiger partial charge >= 0.3 is 5.97 Å². The Bertz CT molecular complexity index is 800. The van der Waals surface area contributed by atoms with Gasteiger partial charge in [0.15, 0.2) is 5.82 Å². The fourth-order valence-corrected chi connectivity index (χ4v) is 1.88. The summed E-state index contributed by atoms with van der Waals surface area (Å²) in [5.41, 5.74) is 0.188. The Morgan fingerprint density at radius 2 is 2.24 bits per heavy atom. The van der Waals surface area contributed by atoms with Crippen LogP contribution < -0.4 is 5.56 Å². The van der Waals surface area contributed by atoms with Crippen molar-refractivity contribution in [1.82, 2.24) is 9.55 Å². The van der Waals surface area contributed by atoms with Crippen molar-refractivity contribution in [2.75, 3.05) is 0 Å². The molecule has 0 fully saturated rings. The first-order valence-corrected chi connectivity index (χ1v) is 6.32. The SMILES string of the molecule is C/C=C/C(=O)OCc1nc2ccccc2c(=O)n1CC#N. The van der Waals surface area contributed by atoms with Crippen molar-refractivity contribution in [3.05, 3.63) is 52.6 Å². The Labute approximate surface area is 120 Å². The van der Waals surface area contributed by atoms with Crippen molar-refractivity contribution >= 4 is 16.9 Å². The van der Waals surface area contributed by atoms with Gasteiger partial charge in [0.05, 0.1) is 17.0 Å². The molecule has 0 radical (unpaired) electrons. The molecule has 0 amide bonds. The second-order valence-electron chi connectivity index (χ2n) is 4.20. The molecule has 0 aliphatic heterocycles. The maximum atomic E-state index is 12.3. The van der Waals surface area contributed by atoms with Gasteiger partial charge in [-0.15, -0.1) is 0 Å². The lowest BCUT2D eigenvalue weighted by atomic mass is 10.2. The normalized spacial score (nSPS) is 10.7. The van der Waals surface area contributed by atoms with E-state index < -0.39 is 5.97 Å². The minimum Gasteiger partial charge on any atom is -0.454 e. The van der Waals surface area contributed by atoms with E-state index in [1.807, 2.05) is 6.07 Å². The van der Waals surface area contributed by atoms with Gasteiger partial charge in [-0.3, -0.25) is 9.36 Å². The van der Waals surface area contributed by atoms with Gasteiger partial charge in [0.1, 0.15) is 13.2 Å². The number of rotatable bonds is 4. The standard InChI is InChI=1S/C15H13N3O3/c1-2-5-14(19)21-10-13-17-12-7-4-3-6-11(12)15(20)18(13)9-8-16/h2-7H,9-10H2,1H3/b5-2+. The third-order valence-corrected chi connectivity index (χ3v) is 2.82. The lowest BCUT2D eigenvalue weighted by Crippen LogP contribution is -2.26. The number of carbonyl (C=O) groups excluding carboxylic acids is 1. The molecular formula is C15H13N3O3. The summed E-state index contributed by atoms with van der Waals surface area (Å²) in [7, 11) is 0. The van der Waals surface area contributed by atoms with Crippen LogP contribution in [0.3, 0.4) is 0 Å². The van der Waals surface area contributed by atoms with Crippen molar-refractivity contribution in [3.63, 3.8) is 0 Å². The van der Waals surface area contributed by atoms with Crippen molar-refractivity contribution in [2.45, 2.75) is 20.1 Å². The summed E-state index contributed by atoms with van der Waals surface area (Å²) in [5.74, 6) is -0.276. The molecule has 1 aromatic carbocycles. The summed E-state index contributed by atoms with van der Waals surface area (Å²) in [5, 5.41) is 9.27. The molecule has 6 heteroatoms. The Balaban J connectivity index is 2.46. The predicted octanol–water partition coefficient (Wildman–Crippen LogP) is 1.54. The average Bonchev–Trinajstić information content (AvgIpc) is 2.49. The molecule has 2 aromatic rings. The maximum Gasteiger partial charge on any atom is 0.330 e. The summed E-state index contributed by atoms with van der Waals surface area (Å²) in [4.78, 5) is 28.0. The molecule has 21 heavy (non-hydrogen) atoms. The van der Waals surface area contributed by atoms with Crippen LogP contribution in [0.1, 0.15) is 12.7 Å². The summed E-state index contributed by atoms with van der Waals surface area (Å²) in [6.45, 7) is 1.39. The number of ether oxygens (including phenoxy) is 1. The van der Waals surface area contributed by atoms with E-state index in [1.54, 1.807) is 37.3 Å². The van der Waals surface area contributed by atoms with Crippen molar-refractivity contribution in [1.29, 1.82) is 5.26 Å². The zero-order valence-electron chi connectivity index (χ0n) is 11.4. The number of esters is 1. The number of benzene rings is 1. The summed E-state index contributed by atoms with van der Waals surface area (Å²) in [6.07, 6.45) is 2.83. The molecule has 2 rings (SSSR count). The Morgan fingerprint density at radius 3 is 2.95 bits per heavy atom. The highest BCUT2D eigenvalue weighted by molar-refractivity contribution is 5.81. The molecule has 1 aromatic heterocycles. The van der Waals surface area contributed by atoms with Crippen LogP contribution in [0.5, 0.6) is 0 Å². The van der Waals surface area contributed by atoms with Gasteiger partial charge in [-0.05, 0) is 19.1 Å². The second-order valence-corrected chi connectivity index (χ2v) is 4.20. The number of hydrogen-bond donors (Lipinski definition) is 0. The summed E-state index contributed by atoms with van der Waals surface area (Å²) in [6, 6.07) is 8.75. The first kappa shape index (κ1) is 14.5. The summed E-state index contributed by atoms with van der Waals surface area (Å²) >= 11 is 0. The van der Waals surface area contributed by atoms with Crippen LogP contribution in [0.25, 0.3) is 10.9 Å². The Morgan fingerprint density at radius 1 is 1.48 bits per heavy atom. The van der Waals surface area contributed by atoms with E-state index in [1.165, 1.54) is 10.6 Å². The molecule has 0 saturated heterocycles. The molecule has 6 nitrogen and oxygen atoms in total. The van der Waals surface area contributed by atoms with Crippen molar-refractivity contribution in [3.8, 4) is 6.07 Å². The largest absolute Gasteiger partial charge is 0.454 e. The van der Waals surface area contributed by atoms with E-state index in [4.69, 9.17) is 10.00 Å². The number of allylic oxidation sites excluding steroid dienone is 1. The lowest BCUT2D eigenvalue weighted by Gasteiger charge is -2.10. The number of nitriles is 1. The summed E-state index contributed by atoms with van der Waals surface area (Å²) < 4.78 is 6.22. The topological polar surface area (TPSA) is 85.0 Å². The van der Waals surface area contributed by atoms with Crippen LogP contribution >= 0.6 is 0 Å². The number of aromatic nitrogens is 2. The zero-order chi connectivity index (χ0) is 15.2. The van der Waals surface area contributed by atoms with Gasteiger partial charge in [-0.1, -0.05) is 18.2 Å². The van der Waals surface area contributed by atoms with Crippen LogP contribution in [0.4, 0.5) is 0 Å². The number of nitrogens with zero attached hydrogens (tertiary/aromatic N) is 3. The maximum absolute atomic E-state index is 12.3. The molecule has 106 valence electrons. The number of fused-ring (bicyclic) bond motifs is 1. The quantitative estimate of drug-likeness (QED) is 0.627. The Kier molecular flexibility index (Phi) is 4.46. The molecule has 0 aliphatic carbocycles. The van der Waals surface area contributed by atoms with Crippen molar-refractivity contribution < 1.29 is 9.53 Å². The first-order chi connectivity index (χ1) is 10.2. The van der Waals surface area contributed by atoms with Crippen LogP contribution in [0.2, 0.25) is 0 Å². The fourth-order valence-electron chi connectivity index (χ4n) is 1.88. The van der Waals surface area contributed by atoms with Crippen LogP contribution in [-0.2, 0) is 22.7 Å². The monoisotopic (exact) mass is 283 g/mol. The lowest BCUT2D eigenvalue weighted by molar-refractivity contribution is -0.139. The van der Waals surface area contributed by atoms with Gasteiger partial charge in [0, 0.05) is 6.08 Å². The molecule has 0 aliphatic rings. The predicted molar refractivity (Wildman–Crippen MR) is 76.2 cm³/mol. The zero-order valence-corrected chi connectivity index (χ0v) is 11.4. The smallest absolute Gasteiger partial charge is 0.330 e. The molecule has 0 bridgehead atoms. The third kappa shape index (κ3) is 3.15. The van der Waals surface area contributed by atoms with E-state index in [0.717, 1.165) is 0 Å². The molecule has 0 atom stereocenters. The van der Waals surface area contributed by atoms with Gasteiger partial charge in [0.2, 0.25) is 0 Å². The molecule has 0 spiro atoms. The highest BCUT2D eigenvalue weighted by Gasteiger charge is 2.11. The van der Waals surface area contributed by atoms with Crippen LogP contribution in [-0.4, -0.2) is 15.5 Å². The van der Waals surface area contributed by atoms with E-state index in [0.29, 0.717) is 10.9 Å². The highest BCUT2D eigenvalue weighted by atomic mass is 16.5. The van der Waals surface area contributed by atoms with Crippen molar-refractivity contribution in [2.24, 2.45) is 0 Å². The number of hydrogen-bond acceptors (Lipinski definition) is 5. The third-order valence-electron chi connectivity index (χ3n) is 2.82. The molecule has 0 unspecified atom stereocenters. The Hall–Kier alpha value is -2.94. The molecule has 1 heterocycles. The van der Waals surface area contributed by atoms with E-state index in [2.05, 4.69) is 4.98 Å². The van der Waals surface area contributed by atoms with E-state index in [-0.39, 0.29) is 24.5 Å². The molecule has 0 N–H and O–H groups in total. The average molecular weight is 283 g/mol. The van der Waals surface area contributed by atoms with Gasteiger partial charge in [-0.2, -0.15) is 5.26 Å². The first-order valence-electron chi connectivity index (χ1n) is 6.32. The van der Waals surface area contributed by atoms with Gasteiger partial charge in [-0.25, -0.2) is 9.78 Å². The van der Waals surface area contributed by atoms with Crippen LogP contribution in [0, 0.1) is 11.3 Å². The second kappa shape index (κ2) is 6.48. The van der Waals surface area contributed by atoms with Crippen LogP contribution in [0.15, 0.2) is 41.2 Å². The highest BCUT2D eigenvalue weighted by Crippen LogP contribution is 2.08.